The van der Waals surface area contributed by atoms with Gasteiger partial charge in [-0.1, -0.05) is 43.7 Å². The zero-order valence-electron chi connectivity index (χ0n) is 23.1. The maximum absolute atomic E-state index is 15.8. The number of hydrogen-bond acceptors (Lipinski definition) is 7. The predicted octanol–water partition coefficient (Wildman–Crippen LogP) is 4.36. The highest BCUT2D eigenvalue weighted by molar-refractivity contribution is 8.25. The monoisotopic (exact) mass is 573 g/mol. The molecule has 1 fully saturated rings. The molecule has 1 aliphatic heterocycles. The Morgan fingerprint density at radius 1 is 1.15 bits per heavy atom. The van der Waals surface area contributed by atoms with Gasteiger partial charge in [-0.25, -0.2) is 4.39 Å². The molecule has 2 atom stereocenters. The summed E-state index contributed by atoms with van der Waals surface area (Å²) in [5.74, 6) is -1.28. The molecule has 0 aliphatic carbocycles. The Bertz CT molecular complexity index is 1270. The van der Waals surface area contributed by atoms with Crippen molar-refractivity contribution in [1.29, 1.82) is 0 Å². The summed E-state index contributed by atoms with van der Waals surface area (Å²) >= 11 is 0. The summed E-state index contributed by atoms with van der Waals surface area (Å²) in [5.41, 5.74) is 2.49. The van der Waals surface area contributed by atoms with Gasteiger partial charge in [-0.2, -0.15) is 5.10 Å². The highest BCUT2D eigenvalue weighted by atomic mass is 32.3. The lowest BCUT2D eigenvalue weighted by molar-refractivity contribution is 0.0826. The Morgan fingerprint density at radius 2 is 1.93 bits per heavy atom. The summed E-state index contributed by atoms with van der Waals surface area (Å²) in [6.45, 7) is 5.76. The van der Waals surface area contributed by atoms with Crippen LogP contribution in [0, 0.1) is 5.82 Å². The fourth-order valence-electron chi connectivity index (χ4n) is 4.96. The molecule has 2 heterocycles. The average Bonchev–Trinajstić information content (AvgIpc) is 3.55. The lowest BCUT2D eigenvalue weighted by atomic mass is 9.99. The molecule has 40 heavy (non-hydrogen) atoms. The molecule has 0 bridgehead atoms. The van der Waals surface area contributed by atoms with Crippen molar-refractivity contribution < 1.29 is 23.4 Å². The summed E-state index contributed by atoms with van der Waals surface area (Å²) in [7, 11) is -3.14. The normalized spacial score (nSPS) is 17.0. The third-order valence-corrected chi connectivity index (χ3v) is 8.99. The molecular formula is C29H40FN5O4S. The second-order valence-electron chi connectivity index (χ2n) is 10.2. The Labute approximate surface area is 236 Å². The van der Waals surface area contributed by atoms with Crippen LogP contribution in [0.1, 0.15) is 53.7 Å². The van der Waals surface area contributed by atoms with Crippen LogP contribution in [0.5, 0.6) is 0 Å². The molecule has 2 aromatic carbocycles. The van der Waals surface area contributed by atoms with Crippen molar-refractivity contribution in [1.82, 2.24) is 20.4 Å². The summed E-state index contributed by atoms with van der Waals surface area (Å²) in [4.78, 5) is 13.6. The van der Waals surface area contributed by atoms with Gasteiger partial charge in [-0.15, -0.1) is 10.8 Å². The Morgan fingerprint density at radius 3 is 2.58 bits per heavy atom. The SMILES string of the molecule is CCCc1cc(C(=O)N[C@@H](Cc2ccccc2)[C@@H](O)CNCc2cnn(CC)c2)c(F)c(N2CCCS2(O)O)c1. The van der Waals surface area contributed by atoms with Gasteiger partial charge < -0.3 is 15.7 Å². The van der Waals surface area contributed by atoms with Crippen LogP contribution in [0.4, 0.5) is 10.1 Å². The summed E-state index contributed by atoms with van der Waals surface area (Å²) in [6, 6.07) is 11.9. The minimum absolute atomic E-state index is 0.0306. The quantitative estimate of drug-likeness (QED) is 0.206. The van der Waals surface area contributed by atoms with Crippen molar-refractivity contribution in [2.45, 2.75) is 64.8 Å². The van der Waals surface area contributed by atoms with Gasteiger partial charge in [0.05, 0.1) is 35.3 Å². The molecule has 11 heteroatoms. The highest BCUT2D eigenvalue weighted by Gasteiger charge is 2.33. The molecule has 0 spiro atoms. The van der Waals surface area contributed by atoms with Gasteiger partial charge in [0.15, 0.2) is 5.82 Å². The zero-order valence-corrected chi connectivity index (χ0v) is 23.9. The van der Waals surface area contributed by atoms with Gasteiger partial charge in [0.25, 0.3) is 5.91 Å². The molecule has 3 aromatic rings. The molecule has 9 nitrogen and oxygen atoms in total. The second kappa shape index (κ2) is 13.6. The number of aliphatic hydroxyl groups is 1. The van der Waals surface area contributed by atoms with Crippen molar-refractivity contribution >= 4 is 22.4 Å². The number of amides is 1. The van der Waals surface area contributed by atoms with Crippen molar-refractivity contribution in [3.63, 3.8) is 0 Å². The first kappa shape index (κ1) is 30.0. The first-order chi connectivity index (χ1) is 19.2. The van der Waals surface area contributed by atoms with E-state index < -0.39 is 34.6 Å². The largest absolute Gasteiger partial charge is 0.390 e. The maximum atomic E-state index is 15.8. The number of benzene rings is 2. The van der Waals surface area contributed by atoms with E-state index in [0.717, 1.165) is 29.7 Å². The lowest BCUT2D eigenvalue weighted by Crippen LogP contribution is -2.48. The molecule has 218 valence electrons. The zero-order chi connectivity index (χ0) is 28.7. The van der Waals surface area contributed by atoms with Crippen LogP contribution in [0.3, 0.4) is 0 Å². The van der Waals surface area contributed by atoms with Crippen LogP contribution in [-0.2, 0) is 25.9 Å². The Hall–Kier alpha value is -2.96. The molecule has 1 aromatic heterocycles. The molecule has 0 saturated carbocycles. The van der Waals surface area contributed by atoms with Crippen LogP contribution in [0.15, 0.2) is 54.9 Å². The average molecular weight is 574 g/mol. The van der Waals surface area contributed by atoms with Gasteiger partial charge in [-0.05, 0) is 49.4 Å². The maximum Gasteiger partial charge on any atom is 0.254 e. The third-order valence-electron chi connectivity index (χ3n) is 7.07. The number of aromatic nitrogens is 2. The molecule has 4 rings (SSSR count). The minimum atomic E-state index is -3.14. The van der Waals surface area contributed by atoms with Gasteiger partial charge in [-0.3, -0.25) is 22.9 Å². The van der Waals surface area contributed by atoms with E-state index in [0.29, 0.717) is 32.4 Å². The minimum Gasteiger partial charge on any atom is -0.390 e. The van der Waals surface area contributed by atoms with Gasteiger partial charge in [0.2, 0.25) is 0 Å². The Balaban J connectivity index is 1.55. The highest BCUT2D eigenvalue weighted by Crippen LogP contribution is 2.52. The first-order valence-corrected chi connectivity index (χ1v) is 15.5. The molecule has 1 aliphatic rings. The molecule has 0 radical (unpaired) electrons. The molecule has 1 saturated heterocycles. The topological polar surface area (TPSA) is 123 Å². The van der Waals surface area contributed by atoms with Crippen molar-refractivity contribution in [2.75, 3.05) is 23.1 Å². The van der Waals surface area contributed by atoms with Gasteiger partial charge in [0, 0.05) is 37.9 Å². The van der Waals surface area contributed by atoms with E-state index in [-0.39, 0.29) is 23.5 Å². The van der Waals surface area contributed by atoms with E-state index >= 15 is 4.39 Å². The number of anilines is 1. The van der Waals surface area contributed by atoms with Gasteiger partial charge in [0.1, 0.15) is 0 Å². The lowest BCUT2D eigenvalue weighted by Gasteiger charge is -2.38. The standard InChI is InChI=1S/C29H40FN5O4S/c1-3-9-22-14-24(28(30)26(16-22)35-12-8-13-40(35,38)39)29(37)33-25(15-21-10-6-5-7-11-21)27(36)19-31-17-23-18-32-34(4-2)20-23/h5-7,10-11,14,16,18,20,25,27,31,36,38-39H,3-4,8-9,12-13,15,17,19H2,1-2H3,(H,33,37)/t25-,27-/m0/s1. The summed E-state index contributed by atoms with van der Waals surface area (Å²) in [6.07, 6.45) is 5.00. The predicted molar refractivity (Wildman–Crippen MR) is 157 cm³/mol. The fourth-order valence-corrected chi connectivity index (χ4v) is 6.56. The number of aliphatic hydroxyl groups excluding tert-OH is 1. The van der Waals surface area contributed by atoms with E-state index in [1.807, 2.05) is 55.1 Å². The van der Waals surface area contributed by atoms with Gasteiger partial charge >= 0.3 is 0 Å². The van der Waals surface area contributed by atoms with Crippen LogP contribution in [0.25, 0.3) is 0 Å². The number of rotatable bonds is 13. The van der Waals surface area contributed by atoms with E-state index in [1.54, 1.807) is 12.3 Å². The number of aryl methyl sites for hydroxylation is 2. The summed E-state index contributed by atoms with van der Waals surface area (Å²) < 4.78 is 40.0. The smallest absolute Gasteiger partial charge is 0.254 e. The van der Waals surface area contributed by atoms with Crippen LogP contribution in [-0.4, -0.2) is 60.9 Å². The molecule has 0 unspecified atom stereocenters. The van der Waals surface area contributed by atoms with E-state index in [1.165, 1.54) is 10.4 Å². The molecular weight excluding hydrogens is 533 g/mol. The van der Waals surface area contributed by atoms with E-state index in [2.05, 4.69) is 15.7 Å². The number of nitrogens with zero attached hydrogens (tertiary/aromatic N) is 3. The third kappa shape index (κ3) is 7.41. The first-order valence-electron chi connectivity index (χ1n) is 13.8. The van der Waals surface area contributed by atoms with Crippen LogP contribution in [0.2, 0.25) is 0 Å². The van der Waals surface area contributed by atoms with Crippen molar-refractivity contribution in [3.8, 4) is 0 Å². The van der Waals surface area contributed by atoms with Crippen LogP contribution >= 0.6 is 10.8 Å². The second-order valence-corrected chi connectivity index (χ2v) is 12.3. The molecule has 1 amide bonds. The van der Waals surface area contributed by atoms with Crippen molar-refractivity contribution in [3.05, 3.63) is 82.9 Å². The number of carbonyl (C=O) groups excluding carboxylic acids is 1. The number of carbonyl (C=O) groups is 1. The number of halogens is 1. The van der Waals surface area contributed by atoms with E-state index in [4.69, 9.17) is 0 Å². The summed E-state index contributed by atoms with van der Waals surface area (Å²) in [5, 5.41) is 21.5. The number of nitrogens with one attached hydrogen (secondary N) is 2. The fraction of sp³-hybridized carbons (Fsp3) is 0.448. The molecule has 5 N–H and O–H groups in total. The van der Waals surface area contributed by atoms with Crippen LogP contribution < -0.4 is 14.9 Å². The van der Waals surface area contributed by atoms with Crippen molar-refractivity contribution in [2.24, 2.45) is 0 Å². The Kier molecular flexibility index (Phi) is 10.2. The van der Waals surface area contributed by atoms with E-state index in [9.17, 15) is 19.0 Å². The number of hydrogen-bond donors (Lipinski definition) is 5.